The van der Waals surface area contributed by atoms with E-state index in [1.54, 1.807) is 13.8 Å². The number of carboxylic acids is 1. The lowest BCUT2D eigenvalue weighted by atomic mass is 10.00. The number of hydrogen-bond acceptors (Lipinski definition) is 4. The Morgan fingerprint density at radius 3 is 2.30 bits per heavy atom. The highest BCUT2D eigenvalue weighted by Gasteiger charge is 2.43. The summed E-state index contributed by atoms with van der Waals surface area (Å²) >= 11 is 0. The monoisotopic (exact) mass is 341 g/mol. The summed E-state index contributed by atoms with van der Waals surface area (Å²) in [5.74, 6) is -1.16. The first-order valence-electron chi connectivity index (χ1n) is 7.60. The first kappa shape index (κ1) is 17.9. The van der Waals surface area contributed by atoms with Crippen molar-refractivity contribution in [2.24, 2.45) is 0 Å². The predicted molar refractivity (Wildman–Crippen MR) is 86.1 cm³/mol. The Kier molecular flexibility index (Phi) is 4.84. The van der Waals surface area contributed by atoms with Gasteiger partial charge in [-0.1, -0.05) is 12.8 Å². The van der Waals surface area contributed by atoms with E-state index in [9.17, 15) is 23.4 Å². The number of aliphatic hydroxyl groups is 1. The molecular formula is C16H23NO5S. The average Bonchev–Trinajstić information content (AvgIpc) is 2.98. The van der Waals surface area contributed by atoms with Gasteiger partial charge in [-0.3, -0.25) is 0 Å². The van der Waals surface area contributed by atoms with Crippen molar-refractivity contribution in [3.63, 3.8) is 0 Å². The largest absolute Gasteiger partial charge is 0.478 e. The van der Waals surface area contributed by atoms with Crippen LogP contribution < -0.4 is 0 Å². The zero-order chi connectivity index (χ0) is 17.4. The number of hydrogen-bond donors (Lipinski definition) is 2. The van der Waals surface area contributed by atoms with Gasteiger partial charge in [0.15, 0.2) is 0 Å². The van der Waals surface area contributed by atoms with Gasteiger partial charge in [0.25, 0.3) is 0 Å². The van der Waals surface area contributed by atoms with E-state index < -0.39 is 21.5 Å². The van der Waals surface area contributed by atoms with Gasteiger partial charge in [-0.15, -0.1) is 0 Å². The third kappa shape index (κ3) is 3.00. The summed E-state index contributed by atoms with van der Waals surface area (Å²) in [6.45, 7) is 3.12. The van der Waals surface area contributed by atoms with Gasteiger partial charge in [-0.2, -0.15) is 4.31 Å². The first-order valence-corrected chi connectivity index (χ1v) is 9.04. The molecule has 0 amide bonds. The number of aromatic carboxylic acids is 1. The van der Waals surface area contributed by atoms with Crippen molar-refractivity contribution in [3.05, 3.63) is 28.8 Å². The van der Waals surface area contributed by atoms with Crippen LogP contribution in [0, 0.1) is 13.8 Å². The van der Waals surface area contributed by atoms with E-state index in [0.29, 0.717) is 24.0 Å². The molecule has 2 N–H and O–H groups in total. The Morgan fingerprint density at radius 1 is 1.26 bits per heavy atom. The molecule has 0 atom stereocenters. The number of carbonyl (C=O) groups is 1. The molecule has 1 aromatic rings. The molecule has 1 aliphatic rings. The molecule has 0 bridgehead atoms. The number of carboxylic acid groups (broad SMARTS) is 1. The molecule has 0 aliphatic heterocycles. The first-order chi connectivity index (χ1) is 10.7. The molecule has 2 rings (SSSR count). The average molecular weight is 341 g/mol. The Labute approximate surface area is 136 Å². The molecular weight excluding hydrogens is 318 g/mol. The zero-order valence-electron chi connectivity index (χ0n) is 13.7. The number of aryl methyl sites for hydroxylation is 1. The lowest BCUT2D eigenvalue weighted by Gasteiger charge is -2.36. The second kappa shape index (κ2) is 6.22. The van der Waals surface area contributed by atoms with E-state index in [2.05, 4.69) is 0 Å². The Morgan fingerprint density at radius 2 is 1.83 bits per heavy atom. The van der Waals surface area contributed by atoms with Crippen LogP contribution >= 0.6 is 0 Å². The van der Waals surface area contributed by atoms with Crippen LogP contribution in [-0.4, -0.2) is 48.1 Å². The van der Waals surface area contributed by atoms with Gasteiger partial charge in [-0.25, -0.2) is 13.2 Å². The second-order valence-electron chi connectivity index (χ2n) is 6.28. The van der Waals surface area contributed by atoms with E-state index in [-0.39, 0.29) is 17.1 Å². The highest BCUT2D eigenvalue weighted by molar-refractivity contribution is 7.89. The van der Waals surface area contributed by atoms with Gasteiger partial charge in [0.05, 0.1) is 22.6 Å². The molecule has 1 aromatic carbocycles. The minimum atomic E-state index is -3.89. The predicted octanol–water partition coefficient (Wildman–Crippen LogP) is 1.93. The minimum Gasteiger partial charge on any atom is -0.478 e. The maximum absolute atomic E-state index is 13.1. The van der Waals surface area contributed by atoms with Gasteiger partial charge >= 0.3 is 5.97 Å². The maximum atomic E-state index is 13.1. The third-order valence-electron chi connectivity index (χ3n) is 5.00. The SMILES string of the molecule is Cc1cc(C(=O)O)cc(S(=O)(=O)N(C)C2(CO)CCCC2)c1C. The van der Waals surface area contributed by atoms with E-state index in [0.717, 1.165) is 12.8 Å². The van der Waals surface area contributed by atoms with Gasteiger partial charge in [0, 0.05) is 7.05 Å². The van der Waals surface area contributed by atoms with Crippen molar-refractivity contribution in [1.29, 1.82) is 0 Å². The molecule has 1 fully saturated rings. The fourth-order valence-electron chi connectivity index (χ4n) is 3.23. The zero-order valence-corrected chi connectivity index (χ0v) is 14.5. The number of benzene rings is 1. The summed E-state index contributed by atoms with van der Waals surface area (Å²) in [5, 5.41) is 19.0. The fourth-order valence-corrected chi connectivity index (χ4v) is 5.10. The number of nitrogens with zero attached hydrogens (tertiary/aromatic N) is 1. The molecule has 7 heteroatoms. The van der Waals surface area contributed by atoms with Crippen molar-refractivity contribution >= 4 is 16.0 Å². The molecule has 0 radical (unpaired) electrons. The molecule has 23 heavy (non-hydrogen) atoms. The summed E-state index contributed by atoms with van der Waals surface area (Å²) in [4.78, 5) is 11.2. The fraction of sp³-hybridized carbons (Fsp3) is 0.562. The van der Waals surface area contributed by atoms with Crippen molar-refractivity contribution in [1.82, 2.24) is 4.31 Å². The lowest BCUT2D eigenvalue weighted by molar-refractivity contribution is 0.0696. The van der Waals surface area contributed by atoms with Crippen LogP contribution in [0.25, 0.3) is 0 Å². The van der Waals surface area contributed by atoms with E-state index in [4.69, 9.17) is 0 Å². The van der Waals surface area contributed by atoms with Gasteiger partial charge < -0.3 is 10.2 Å². The molecule has 0 aromatic heterocycles. The molecule has 0 unspecified atom stereocenters. The number of sulfonamides is 1. The molecule has 0 saturated heterocycles. The molecule has 6 nitrogen and oxygen atoms in total. The molecule has 128 valence electrons. The summed E-state index contributed by atoms with van der Waals surface area (Å²) < 4.78 is 27.3. The minimum absolute atomic E-state index is 0.00266. The van der Waals surface area contributed by atoms with Crippen molar-refractivity contribution in [2.75, 3.05) is 13.7 Å². The summed E-state index contributed by atoms with van der Waals surface area (Å²) in [6, 6.07) is 2.67. The molecule has 0 heterocycles. The topological polar surface area (TPSA) is 94.9 Å². The van der Waals surface area contributed by atoms with Crippen molar-refractivity contribution in [3.8, 4) is 0 Å². The molecule has 1 saturated carbocycles. The Bertz CT molecular complexity index is 720. The van der Waals surface area contributed by atoms with Gasteiger partial charge in [-0.05, 0) is 49.9 Å². The van der Waals surface area contributed by atoms with Crippen LogP contribution in [0.5, 0.6) is 0 Å². The van der Waals surface area contributed by atoms with Crippen LogP contribution in [0.15, 0.2) is 17.0 Å². The maximum Gasteiger partial charge on any atom is 0.335 e. The summed E-state index contributed by atoms with van der Waals surface area (Å²) in [5.41, 5.74) is 0.303. The van der Waals surface area contributed by atoms with Crippen molar-refractivity contribution < 1.29 is 23.4 Å². The van der Waals surface area contributed by atoms with Crippen LogP contribution in [-0.2, 0) is 10.0 Å². The van der Waals surface area contributed by atoms with Crippen LogP contribution in [0.3, 0.4) is 0 Å². The third-order valence-corrected chi connectivity index (χ3v) is 7.09. The van der Waals surface area contributed by atoms with Crippen LogP contribution in [0.2, 0.25) is 0 Å². The highest BCUT2D eigenvalue weighted by atomic mass is 32.2. The quantitative estimate of drug-likeness (QED) is 0.853. The Hall–Kier alpha value is -1.44. The van der Waals surface area contributed by atoms with Crippen LogP contribution in [0.1, 0.15) is 47.2 Å². The van der Waals surface area contributed by atoms with E-state index in [1.165, 1.54) is 23.5 Å². The summed E-state index contributed by atoms with van der Waals surface area (Å²) in [7, 11) is -2.42. The van der Waals surface area contributed by atoms with Crippen LogP contribution in [0.4, 0.5) is 0 Å². The number of aliphatic hydroxyl groups excluding tert-OH is 1. The summed E-state index contributed by atoms with van der Waals surface area (Å²) in [6.07, 6.45) is 2.95. The number of likely N-dealkylation sites (N-methyl/N-ethyl adjacent to an activating group) is 1. The molecule has 1 aliphatic carbocycles. The lowest BCUT2D eigenvalue weighted by Crippen LogP contribution is -2.50. The molecule has 0 spiro atoms. The van der Waals surface area contributed by atoms with Gasteiger partial charge in [0.1, 0.15) is 0 Å². The Balaban J connectivity index is 2.57. The second-order valence-corrected chi connectivity index (χ2v) is 8.22. The normalized spacial score (nSPS) is 17.6. The smallest absolute Gasteiger partial charge is 0.335 e. The highest BCUT2D eigenvalue weighted by Crippen LogP contribution is 2.38. The standard InChI is InChI=1S/C16H23NO5S/c1-11-8-13(15(19)20)9-14(12(11)2)23(21,22)17(3)16(10-18)6-4-5-7-16/h8-9,18H,4-7,10H2,1-3H3,(H,19,20). The van der Waals surface area contributed by atoms with Crippen molar-refractivity contribution in [2.45, 2.75) is 50.0 Å². The number of rotatable bonds is 5. The van der Waals surface area contributed by atoms with E-state index >= 15 is 0 Å². The van der Waals surface area contributed by atoms with Gasteiger partial charge in [0.2, 0.25) is 10.0 Å². The van der Waals surface area contributed by atoms with E-state index in [1.807, 2.05) is 0 Å².